The Morgan fingerprint density at radius 1 is 1.60 bits per heavy atom. The average molecular weight is 280 g/mol. The van der Waals surface area contributed by atoms with Gasteiger partial charge in [0.2, 0.25) is 0 Å². The number of alkyl halides is 2. The van der Waals surface area contributed by atoms with E-state index in [9.17, 15) is 8.78 Å². The lowest BCUT2D eigenvalue weighted by molar-refractivity contribution is -0.0322. The van der Waals surface area contributed by atoms with Crippen LogP contribution >= 0.6 is 0 Å². The molecule has 0 aromatic carbocycles. The van der Waals surface area contributed by atoms with Gasteiger partial charge in [-0.2, -0.15) is 0 Å². The quantitative estimate of drug-likeness (QED) is 0.833. The van der Waals surface area contributed by atoms with Crippen LogP contribution in [0.2, 0.25) is 0 Å². The van der Waals surface area contributed by atoms with Crippen molar-refractivity contribution in [2.24, 2.45) is 4.99 Å². The number of hydrogen-bond donors (Lipinski definition) is 2. The normalized spacial score (nSPS) is 22.4. The number of rotatable bonds is 4. The molecular weight excluding hydrogens is 262 g/mol. The van der Waals surface area contributed by atoms with Crippen molar-refractivity contribution in [2.75, 3.05) is 18.4 Å². The molecule has 1 atom stereocenters. The second-order valence-electron chi connectivity index (χ2n) is 4.83. The van der Waals surface area contributed by atoms with Crippen molar-refractivity contribution in [1.29, 1.82) is 0 Å². The number of nitrogens with zero attached hydrogens (tertiary/aromatic N) is 2. The zero-order valence-electron chi connectivity index (χ0n) is 11.4. The molecule has 0 saturated carbocycles. The summed E-state index contributed by atoms with van der Waals surface area (Å²) < 4.78 is 27.5. The Balaban J connectivity index is 2.15. The highest BCUT2D eigenvalue weighted by atomic mass is 19.3. The molecule has 2 N–H and O–H groups in total. The lowest BCUT2D eigenvalue weighted by atomic mass is 10.0. The van der Waals surface area contributed by atoms with Gasteiger partial charge >= 0.3 is 0 Å². The summed E-state index contributed by atoms with van der Waals surface area (Å²) in [7, 11) is 0. The molecule has 0 amide bonds. The first-order valence-electron chi connectivity index (χ1n) is 6.48. The van der Waals surface area contributed by atoms with Crippen molar-refractivity contribution in [3.63, 3.8) is 0 Å². The van der Waals surface area contributed by atoms with E-state index < -0.39 is 12.0 Å². The summed E-state index contributed by atoms with van der Waals surface area (Å²) in [5, 5.41) is 5.53. The highest BCUT2D eigenvalue weighted by molar-refractivity contribution is 5.62. The van der Waals surface area contributed by atoms with Gasteiger partial charge in [0, 0.05) is 6.20 Å². The van der Waals surface area contributed by atoms with Gasteiger partial charge in [-0.15, -0.1) is 0 Å². The standard InChI is InChI=1S/C14H18F2N4/c1-10(8-17-2)11-4-3-5-13(19-11)20-12-6-7-18-9-14(12,15)16/h3-5,8,12,18H,2,6-7,9H2,1H3,(H,19,20)/b10-8+. The number of aromatic nitrogens is 1. The molecule has 1 saturated heterocycles. The van der Waals surface area contributed by atoms with E-state index in [1.165, 1.54) is 0 Å². The molecular formula is C14H18F2N4. The van der Waals surface area contributed by atoms with E-state index >= 15 is 0 Å². The lowest BCUT2D eigenvalue weighted by Crippen LogP contribution is -2.52. The topological polar surface area (TPSA) is 49.3 Å². The van der Waals surface area contributed by atoms with Crippen LogP contribution < -0.4 is 10.6 Å². The zero-order chi connectivity index (χ0) is 14.6. The summed E-state index contributed by atoms with van der Waals surface area (Å²) in [5.74, 6) is -2.32. The Hall–Kier alpha value is -1.82. The Morgan fingerprint density at radius 3 is 3.10 bits per heavy atom. The SMILES string of the molecule is C=N/C=C(\C)c1cccc(NC2CCNCC2(F)F)n1. The van der Waals surface area contributed by atoms with E-state index in [-0.39, 0.29) is 6.54 Å². The first kappa shape index (κ1) is 14.6. The van der Waals surface area contributed by atoms with Crippen molar-refractivity contribution in [2.45, 2.75) is 25.3 Å². The second kappa shape index (κ2) is 6.09. The fourth-order valence-corrected chi connectivity index (χ4v) is 2.13. The van der Waals surface area contributed by atoms with Gasteiger partial charge in [0.05, 0.1) is 18.3 Å². The van der Waals surface area contributed by atoms with Gasteiger partial charge in [0.15, 0.2) is 0 Å². The molecule has 1 aromatic heterocycles. The van der Waals surface area contributed by atoms with Crippen LogP contribution in [0.25, 0.3) is 5.57 Å². The Kier molecular flexibility index (Phi) is 4.44. The summed E-state index contributed by atoms with van der Waals surface area (Å²) in [5.41, 5.74) is 1.53. The van der Waals surface area contributed by atoms with Crippen LogP contribution in [0.4, 0.5) is 14.6 Å². The molecule has 4 nitrogen and oxygen atoms in total. The predicted molar refractivity (Wildman–Crippen MR) is 77.3 cm³/mol. The van der Waals surface area contributed by atoms with Crippen LogP contribution in [0.1, 0.15) is 19.0 Å². The largest absolute Gasteiger partial charge is 0.361 e. The maximum Gasteiger partial charge on any atom is 0.279 e. The summed E-state index contributed by atoms with van der Waals surface area (Å²) in [6, 6.07) is 4.39. The molecule has 0 radical (unpaired) electrons. The number of nitrogens with one attached hydrogen (secondary N) is 2. The number of aliphatic imine (C=N–C) groups is 1. The van der Waals surface area contributed by atoms with Crippen molar-refractivity contribution < 1.29 is 8.78 Å². The third-order valence-electron chi connectivity index (χ3n) is 3.24. The molecule has 0 spiro atoms. The summed E-state index contributed by atoms with van der Waals surface area (Å²) >= 11 is 0. The van der Waals surface area contributed by atoms with Crippen LogP contribution in [0.15, 0.2) is 29.4 Å². The number of hydrogen-bond acceptors (Lipinski definition) is 4. The Bertz CT molecular complexity index is 514. The van der Waals surface area contributed by atoms with E-state index in [0.29, 0.717) is 24.5 Å². The fraction of sp³-hybridized carbons (Fsp3) is 0.429. The van der Waals surface area contributed by atoms with Crippen LogP contribution in [-0.2, 0) is 0 Å². The van der Waals surface area contributed by atoms with Crippen LogP contribution in [0.5, 0.6) is 0 Å². The van der Waals surface area contributed by atoms with Crippen molar-refractivity contribution in [3.8, 4) is 0 Å². The highest BCUT2D eigenvalue weighted by Gasteiger charge is 2.41. The molecule has 108 valence electrons. The Morgan fingerprint density at radius 2 is 2.40 bits per heavy atom. The van der Waals surface area contributed by atoms with Crippen LogP contribution in [-0.4, -0.2) is 36.8 Å². The maximum atomic E-state index is 13.7. The molecule has 1 aliphatic heterocycles. The zero-order valence-corrected chi connectivity index (χ0v) is 11.4. The first-order chi connectivity index (χ1) is 9.53. The number of pyridine rings is 1. The summed E-state index contributed by atoms with van der Waals surface area (Å²) in [4.78, 5) is 8.01. The molecule has 2 heterocycles. The Labute approximate surface area is 117 Å². The van der Waals surface area contributed by atoms with E-state index in [0.717, 1.165) is 5.57 Å². The number of halogens is 2. The molecule has 0 aliphatic carbocycles. The van der Waals surface area contributed by atoms with E-state index in [1.807, 2.05) is 13.0 Å². The highest BCUT2D eigenvalue weighted by Crippen LogP contribution is 2.26. The molecule has 20 heavy (non-hydrogen) atoms. The number of allylic oxidation sites excluding steroid dienone is 1. The molecule has 2 rings (SSSR count). The molecule has 0 bridgehead atoms. The van der Waals surface area contributed by atoms with Crippen molar-refractivity contribution in [1.82, 2.24) is 10.3 Å². The molecule has 1 unspecified atom stereocenters. The third kappa shape index (κ3) is 3.39. The molecule has 1 aromatic rings. The van der Waals surface area contributed by atoms with Gasteiger partial charge in [-0.25, -0.2) is 13.8 Å². The smallest absolute Gasteiger partial charge is 0.279 e. The first-order valence-corrected chi connectivity index (χ1v) is 6.48. The molecule has 1 fully saturated rings. The predicted octanol–water partition coefficient (Wildman–Crippen LogP) is 2.55. The summed E-state index contributed by atoms with van der Waals surface area (Å²) in [6.45, 7) is 5.51. The van der Waals surface area contributed by atoms with E-state index in [4.69, 9.17) is 0 Å². The molecule has 6 heteroatoms. The van der Waals surface area contributed by atoms with Gasteiger partial charge in [0.1, 0.15) is 5.82 Å². The average Bonchev–Trinajstić information content (AvgIpc) is 2.42. The minimum Gasteiger partial charge on any atom is -0.361 e. The van der Waals surface area contributed by atoms with Crippen LogP contribution in [0, 0.1) is 0 Å². The lowest BCUT2D eigenvalue weighted by Gasteiger charge is -2.32. The van der Waals surface area contributed by atoms with E-state index in [1.54, 1.807) is 18.3 Å². The summed E-state index contributed by atoms with van der Waals surface area (Å²) in [6.07, 6.45) is 1.95. The van der Waals surface area contributed by atoms with E-state index in [2.05, 4.69) is 27.3 Å². The minimum atomic E-state index is -2.77. The number of piperidine rings is 1. The maximum absolute atomic E-state index is 13.7. The van der Waals surface area contributed by atoms with Gasteiger partial charge in [0.25, 0.3) is 5.92 Å². The second-order valence-corrected chi connectivity index (χ2v) is 4.83. The van der Waals surface area contributed by atoms with Gasteiger partial charge in [-0.1, -0.05) is 6.07 Å². The van der Waals surface area contributed by atoms with Crippen molar-refractivity contribution >= 4 is 18.1 Å². The third-order valence-corrected chi connectivity index (χ3v) is 3.24. The fourth-order valence-electron chi connectivity index (χ4n) is 2.13. The number of anilines is 1. The van der Waals surface area contributed by atoms with Gasteiger partial charge in [-0.3, -0.25) is 4.99 Å². The monoisotopic (exact) mass is 280 g/mol. The van der Waals surface area contributed by atoms with Gasteiger partial charge < -0.3 is 10.6 Å². The van der Waals surface area contributed by atoms with Crippen LogP contribution in [0.3, 0.4) is 0 Å². The van der Waals surface area contributed by atoms with Gasteiger partial charge in [-0.05, 0) is 44.3 Å². The van der Waals surface area contributed by atoms with Crippen molar-refractivity contribution in [3.05, 3.63) is 30.1 Å². The minimum absolute atomic E-state index is 0.302. The molecule has 1 aliphatic rings.